The van der Waals surface area contributed by atoms with Crippen LogP contribution in [0.4, 0.5) is 0 Å². The Hall–Kier alpha value is -1.14. The zero-order valence-corrected chi connectivity index (χ0v) is 13.6. The van der Waals surface area contributed by atoms with Crippen LogP contribution in [0.3, 0.4) is 0 Å². The molecule has 122 valence electrons. The van der Waals surface area contributed by atoms with Gasteiger partial charge in [0.05, 0.1) is 19.6 Å². The summed E-state index contributed by atoms with van der Waals surface area (Å²) >= 11 is 0. The summed E-state index contributed by atoms with van der Waals surface area (Å²) < 4.78 is 10.5. The highest BCUT2D eigenvalue weighted by Crippen LogP contribution is 2.09. The van der Waals surface area contributed by atoms with Crippen molar-refractivity contribution >= 4 is 11.9 Å². The first-order chi connectivity index (χ1) is 9.76. The summed E-state index contributed by atoms with van der Waals surface area (Å²) in [6, 6.07) is 0.0641. The smallest absolute Gasteiger partial charge is 0.306 e. The molecule has 1 N–H and O–H groups in total. The number of hydrogen-bond donors (Lipinski definition) is 1. The van der Waals surface area contributed by atoms with Crippen molar-refractivity contribution in [2.45, 2.75) is 52.2 Å². The van der Waals surface area contributed by atoms with Gasteiger partial charge in [0.1, 0.15) is 5.60 Å². The first-order valence-electron chi connectivity index (χ1n) is 7.57. The molecule has 1 atom stereocenters. The van der Waals surface area contributed by atoms with Gasteiger partial charge < -0.3 is 14.8 Å². The van der Waals surface area contributed by atoms with E-state index in [2.05, 4.69) is 10.2 Å². The fourth-order valence-corrected chi connectivity index (χ4v) is 2.17. The Bertz CT molecular complexity index is 346. The Balaban J connectivity index is 2.18. The van der Waals surface area contributed by atoms with E-state index in [0.717, 1.165) is 32.8 Å². The van der Waals surface area contributed by atoms with E-state index in [4.69, 9.17) is 9.47 Å². The van der Waals surface area contributed by atoms with Crippen LogP contribution in [-0.2, 0) is 19.1 Å². The normalized spacial score (nSPS) is 18.1. The number of hydrogen-bond acceptors (Lipinski definition) is 5. The predicted octanol–water partition coefficient (Wildman–Crippen LogP) is 0.945. The van der Waals surface area contributed by atoms with E-state index in [1.807, 2.05) is 27.7 Å². The standard InChI is InChI=1S/C15H28N2O4/c1-12(11-17-7-9-20-10-8-17)16-13(18)5-6-14(19)21-15(2,3)4/h12H,5-11H2,1-4H3,(H,16,18). The van der Waals surface area contributed by atoms with Gasteiger partial charge in [0.25, 0.3) is 0 Å². The van der Waals surface area contributed by atoms with Gasteiger partial charge in [-0.05, 0) is 27.7 Å². The van der Waals surface area contributed by atoms with Crippen molar-refractivity contribution in [1.82, 2.24) is 10.2 Å². The van der Waals surface area contributed by atoms with Crippen LogP contribution in [0.25, 0.3) is 0 Å². The monoisotopic (exact) mass is 300 g/mol. The molecule has 0 aromatic heterocycles. The molecule has 21 heavy (non-hydrogen) atoms. The van der Waals surface area contributed by atoms with Gasteiger partial charge in [0.15, 0.2) is 0 Å². The minimum absolute atomic E-state index is 0.0641. The molecule has 1 aliphatic rings. The van der Waals surface area contributed by atoms with E-state index in [-0.39, 0.29) is 30.8 Å². The summed E-state index contributed by atoms with van der Waals surface area (Å²) in [5, 5.41) is 2.92. The first-order valence-corrected chi connectivity index (χ1v) is 7.57. The summed E-state index contributed by atoms with van der Waals surface area (Å²) in [7, 11) is 0. The lowest BCUT2D eigenvalue weighted by molar-refractivity contribution is -0.155. The molecular formula is C15H28N2O4. The molecule has 0 saturated carbocycles. The highest BCUT2D eigenvalue weighted by molar-refractivity contribution is 5.81. The molecule has 0 spiro atoms. The van der Waals surface area contributed by atoms with Gasteiger partial charge in [0, 0.05) is 32.1 Å². The van der Waals surface area contributed by atoms with Crippen LogP contribution in [0, 0.1) is 0 Å². The van der Waals surface area contributed by atoms with Crippen LogP contribution in [0.5, 0.6) is 0 Å². The molecule has 1 rings (SSSR count). The third kappa shape index (κ3) is 8.67. The van der Waals surface area contributed by atoms with Crippen molar-refractivity contribution in [3.05, 3.63) is 0 Å². The summed E-state index contributed by atoms with van der Waals surface area (Å²) in [6.45, 7) is 11.5. The number of carbonyl (C=O) groups is 2. The fraction of sp³-hybridized carbons (Fsp3) is 0.867. The average Bonchev–Trinajstić information content (AvgIpc) is 2.35. The van der Waals surface area contributed by atoms with Crippen molar-refractivity contribution in [3.63, 3.8) is 0 Å². The molecule has 0 aromatic carbocycles. The van der Waals surface area contributed by atoms with Crippen molar-refractivity contribution < 1.29 is 19.1 Å². The molecule has 6 nitrogen and oxygen atoms in total. The molecule has 1 saturated heterocycles. The van der Waals surface area contributed by atoms with Gasteiger partial charge in [-0.1, -0.05) is 0 Å². The lowest BCUT2D eigenvalue weighted by Gasteiger charge is -2.29. The first kappa shape index (κ1) is 17.9. The number of esters is 1. The molecule has 1 fully saturated rings. The molecule has 1 aliphatic heterocycles. The molecule has 0 aliphatic carbocycles. The number of nitrogens with zero attached hydrogens (tertiary/aromatic N) is 1. The third-order valence-electron chi connectivity index (χ3n) is 3.02. The average molecular weight is 300 g/mol. The van der Waals surface area contributed by atoms with Gasteiger partial charge in [-0.25, -0.2) is 0 Å². The van der Waals surface area contributed by atoms with E-state index >= 15 is 0 Å². The maximum Gasteiger partial charge on any atom is 0.306 e. The summed E-state index contributed by atoms with van der Waals surface area (Å²) in [5.74, 6) is -0.444. The van der Waals surface area contributed by atoms with Crippen molar-refractivity contribution in [2.75, 3.05) is 32.8 Å². The van der Waals surface area contributed by atoms with Crippen molar-refractivity contribution in [2.24, 2.45) is 0 Å². The maximum absolute atomic E-state index is 11.8. The Kier molecular flexibility index (Phi) is 7.11. The van der Waals surface area contributed by atoms with E-state index in [1.54, 1.807) is 0 Å². The molecule has 1 heterocycles. The topological polar surface area (TPSA) is 67.9 Å². The quantitative estimate of drug-likeness (QED) is 0.740. The van der Waals surface area contributed by atoms with Gasteiger partial charge in [0.2, 0.25) is 5.91 Å². The molecule has 0 bridgehead atoms. The van der Waals surface area contributed by atoms with Gasteiger partial charge >= 0.3 is 5.97 Å². The zero-order valence-electron chi connectivity index (χ0n) is 13.6. The predicted molar refractivity (Wildman–Crippen MR) is 79.9 cm³/mol. The van der Waals surface area contributed by atoms with E-state index in [9.17, 15) is 9.59 Å². The number of amides is 1. The van der Waals surface area contributed by atoms with Crippen molar-refractivity contribution in [3.8, 4) is 0 Å². The van der Waals surface area contributed by atoms with Crippen LogP contribution in [0.15, 0.2) is 0 Å². The molecule has 1 unspecified atom stereocenters. The molecular weight excluding hydrogens is 272 g/mol. The van der Waals surface area contributed by atoms with Crippen LogP contribution in [0.2, 0.25) is 0 Å². The van der Waals surface area contributed by atoms with Crippen LogP contribution >= 0.6 is 0 Å². The number of morpholine rings is 1. The number of nitrogens with one attached hydrogen (secondary N) is 1. The molecule has 0 radical (unpaired) electrons. The SMILES string of the molecule is CC(CN1CCOCC1)NC(=O)CCC(=O)OC(C)(C)C. The number of carbonyl (C=O) groups excluding carboxylic acids is 2. The highest BCUT2D eigenvalue weighted by atomic mass is 16.6. The number of rotatable bonds is 6. The van der Waals surface area contributed by atoms with E-state index in [0.29, 0.717) is 0 Å². The zero-order chi connectivity index (χ0) is 15.9. The Labute approximate surface area is 127 Å². The van der Waals surface area contributed by atoms with E-state index < -0.39 is 5.60 Å². The summed E-state index contributed by atoms with van der Waals surface area (Å²) in [5.41, 5.74) is -0.503. The van der Waals surface area contributed by atoms with E-state index in [1.165, 1.54) is 0 Å². The third-order valence-corrected chi connectivity index (χ3v) is 3.02. The minimum atomic E-state index is -0.503. The largest absolute Gasteiger partial charge is 0.460 e. The second-order valence-electron chi connectivity index (χ2n) is 6.47. The van der Waals surface area contributed by atoms with Crippen LogP contribution < -0.4 is 5.32 Å². The Morgan fingerprint density at radius 3 is 2.43 bits per heavy atom. The Morgan fingerprint density at radius 1 is 1.24 bits per heavy atom. The highest BCUT2D eigenvalue weighted by Gasteiger charge is 2.18. The van der Waals surface area contributed by atoms with Gasteiger partial charge in [-0.2, -0.15) is 0 Å². The van der Waals surface area contributed by atoms with Crippen molar-refractivity contribution in [1.29, 1.82) is 0 Å². The van der Waals surface area contributed by atoms with Crippen LogP contribution in [0.1, 0.15) is 40.5 Å². The van der Waals surface area contributed by atoms with Gasteiger partial charge in [-0.15, -0.1) is 0 Å². The van der Waals surface area contributed by atoms with Gasteiger partial charge in [-0.3, -0.25) is 14.5 Å². The molecule has 0 aromatic rings. The lowest BCUT2D eigenvalue weighted by Crippen LogP contribution is -2.46. The maximum atomic E-state index is 11.8. The second-order valence-corrected chi connectivity index (χ2v) is 6.47. The molecule has 6 heteroatoms. The Morgan fingerprint density at radius 2 is 1.86 bits per heavy atom. The number of ether oxygens (including phenoxy) is 2. The fourth-order valence-electron chi connectivity index (χ4n) is 2.17. The lowest BCUT2D eigenvalue weighted by atomic mass is 10.2. The second kappa shape index (κ2) is 8.34. The summed E-state index contributed by atoms with van der Waals surface area (Å²) in [4.78, 5) is 25.6. The molecule has 1 amide bonds. The minimum Gasteiger partial charge on any atom is -0.460 e. The summed E-state index contributed by atoms with van der Waals surface area (Å²) in [6.07, 6.45) is 0.287. The van der Waals surface area contributed by atoms with Crippen LogP contribution in [-0.4, -0.2) is 61.3 Å².